The molecule has 0 radical (unpaired) electrons. The van der Waals surface area contributed by atoms with Gasteiger partial charge >= 0.3 is 5.97 Å². The minimum absolute atomic E-state index is 0.0133. The molecule has 1 N–H and O–H groups in total. The zero-order valence-corrected chi connectivity index (χ0v) is 7.64. The summed E-state index contributed by atoms with van der Waals surface area (Å²) in [5, 5.41) is 8.67. The van der Waals surface area contributed by atoms with Gasteiger partial charge in [-0.15, -0.1) is 0 Å². The second-order valence-corrected chi connectivity index (χ2v) is 3.00. The maximum absolute atomic E-state index is 10.6. The van der Waals surface area contributed by atoms with Crippen LogP contribution in [0.25, 0.3) is 0 Å². The molecule has 0 amide bonds. The number of rotatable bonds is 3. The lowest BCUT2D eigenvalue weighted by Crippen LogP contribution is -1.99. The van der Waals surface area contributed by atoms with Gasteiger partial charge in [0.2, 0.25) is 5.69 Å². The molecule has 0 bridgehead atoms. The van der Waals surface area contributed by atoms with Crippen LogP contribution < -0.4 is 4.74 Å². The monoisotopic (exact) mass is 187 g/mol. The minimum Gasteiger partial charge on any atom is -0.493 e. The van der Waals surface area contributed by atoms with Crippen LogP contribution >= 0.6 is 11.5 Å². The Bertz CT molecular complexity index is 295. The molecule has 66 valence electrons. The second-order valence-electron chi connectivity index (χ2n) is 2.15. The van der Waals surface area contributed by atoms with Crippen LogP contribution in [-0.4, -0.2) is 22.6 Å². The van der Waals surface area contributed by atoms with E-state index in [-0.39, 0.29) is 5.69 Å². The quantitative estimate of drug-likeness (QED) is 0.777. The molecule has 0 saturated heterocycles. The van der Waals surface area contributed by atoms with Gasteiger partial charge in [0.05, 0.1) is 12.0 Å². The SMILES string of the molecule is CCc1snc(C(=O)O)c1OC. The highest BCUT2D eigenvalue weighted by atomic mass is 32.1. The Kier molecular flexibility index (Phi) is 2.65. The van der Waals surface area contributed by atoms with Crippen molar-refractivity contribution >= 4 is 17.5 Å². The lowest BCUT2D eigenvalue weighted by Gasteiger charge is -1.98. The first-order chi connectivity index (χ1) is 5.70. The number of carbonyl (C=O) groups is 1. The number of carboxylic acid groups (broad SMARTS) is 1. The molecule has 0 saturated carbocycles. The Labute approximate surface area is 74.0 Å². The van der Waals surface area contributed by atoms with Crippen LogP contribution in [0.2, 0.25) is 0 Å². The summed E-state index contributed by atoms with van der Waals surface area (Å²) >= 11 is 1.17. The summed E-state index contributed by atoms with van der Waals surface area (Å²) in [4.78, 5) is 11.4. The molecule has 0 aliphatic rings. The molecule has 0 unspecified atom stereocenters. The van der Waals surface area contributed by atoms with E-state index in [0.29, 0.717) is 5.75 Å². The van der Waals surface area contributed by atoms with Crippen LogP contribution in [0, 0.1) is 0 Å². The van der Waals surface area contributed by atoms with E-state index in [1.807, 2.05) is 6.92 Å². The summed E-state index contributed by atoms with van der Waals surface area (Å²) in [6, 6.07) is 0. The molecule has 1 heterocycles. The lowest BCUT2D eigenvalue weighted by molar-refractivity contribution is 0.0688. The number of ether oxygens (including phenoxy) is 1. The first kappa shape index (κ1) is 8.99. The maximum Gasteiger partial charge on any atom is 0.359 e. The molecular formula is C7H9NO3S. The predicted octanol–water partition coefficient (Wildman–Crippen LogP) is 1.41. The zero-order chi connectivity index (χ0) is 9.14. The van der Waals surface area contributed by atoms with E-state index in [1.165, 1.54) is 18.6 Å². The molecule has 0 fully saturated rings. The number of hydrogen-bond acceptors (Lipinski definition) is 4. The Morgan fingerprint density at radius 1 is 1.75 bits per heavy atom. The van der Waals surface area contributed by atoms with E-state index in [1.54, 1.807) is 0 Å². The molecule has 1 rings (SSSR count). The van der Waals surface area contributed by atoms with E-state index in [0.717, 1.165) is 11.3 Å². The summed E-state index contributed by atoms with van der Waals surface area (Å²) in [6.07, 6.45) is 0.744. The maximum atomic E-state index is 10.6. The van der Waals surface area contributed by atoms with Crippen molar-refractivity contribution in [3.8, 4) is 5.75 Å². The second kappa shape index (κ2) is 3.53. The molecule has 12 heavy (non-hydrogen) atoms. The fraction of sp³-hybridized carbons (Fsp3) is 0.429. The first-order valence-corrected chi connectivity index (χ1v) is 4.23. The van der Waals surface area contributed by atoms with Crippen molar-refractivity contribution in [2.75, 3.05) is 7.11 Å². The molecule has 5 heteroatoms. The number of aromatic nitrogens is 1. The van der Waals surface area contributed by atoms with Crippen molar-refractivity contribution in [1.29, 1.82) is 0 Å². The predicted molar refractivity (Wildman–Crippen MR) is 45.0 cm³/mol. The first-order valence-electron chi connectivity index (χ1n) is 3.46. The molecule has 0 aliphatic carbocycles. The number of carboxylic acids is 1. The normalized spacial score (nSPS) is 9.83. The number of methoxy groups -OCH3 is 1. The van der Waals surface area contributed by atoms with Gasteiger partial charge in [-0.05, 0) is 18.0 Å². The smallest absolute Gasteiger partial charge is 0.359 e. The molecule has 1 aromatic heterocycles. The highest BCUT2D eigenvalue weighted by Gasteiger charge is 2.18. The molecular weight excluding hydrogens is 178 g/mol. The molecule has 4 nitrogen and oxygen atoms in total. The van der Waals surface area contributed by atoms with Crippen LogP contribution in [0.1, 0.15) is 22.3 Å². The summed E-state index contributed by atoms with van der Waals surface area (Å²) in [5.41, 5.74) is 0.0133. The van der Waals surface area contributed by atoms with Crippen molar-refractivity contribution in [2.45, 2.75) is 13.3 Å². The van der Waals surface area contributed by atoms with Crippen molar-refractivity contribution in [3.05, 3.63) is 10.6 Å². The van der Waals surface area contributed by atoms with Gasteiger partial charge in [0.15, 0.2) is 5.75 Å². The van der Waals surface area contributed by atoms with Crippen LogP contribution in [0.15, 0.2) is 0 Å². The average Bonchev–Trinajstić information content (AvgIpc) is 2.46. The summed E-state index contributed by atoms with van der Waals surface area (Å²) in [7, 11) is 1.45. The number of aromatic carboxylic acids is 1. The Morgan fingerprint density at radius 3 is 2.83 bits per heavy atom. The zero-order valence-electron chi connectivity index (χ0n) is 6.83. The third-order valence-corrected chi connectivity index (χ3v) is 2.41. The van der Waals surface area contributed by atoms with Crippen molar-refractivity contribution < 1.29 is 14.6 Å². The van der Waals surface area contributed by atoms with Crippen LogP contribution in [-0.2, 0) is 6.42 Å². The summed E-state index contributed by atoms with van der Waals surface area (Å²) in [6.45, 7) is 1.93. The summed E-state index contributed by atoms with van der Waals surface area (Å²) in [5.74, 6) is -0.641. The van der Waals surface area contributed by atoms with E-state index >= 15 is 0 Å². The van der Waals surface area contributed by atoms with Gasteiger partial charge in [0, 0.05) is 0 Å². The van der Waals surface area contributed by atoms with Gasteiger partial charge in [-0.2, -0.15) is 4.37 Å². The van der Waals surface area contributed by atoms with Crippen molar-refractivity contribution in [3.63, 3.8) is 0 Å². The van der Waals surface area contributed by atoms with Crippen LogP contribution in [0.5, 0.6) is 5.75 Å². The van der Waals surface area contributed by atoms with Gasteiger partial charge in [-0.1, -0.05) is 6.92 Å². The fourth-order valence-electron chi connectivity index (χ4n) is 0.887. The molecule has 0 spiro atoms. The van der Waals surface area contributed by atoms with Gasteiger partial charge < -0.3 is 9.84 Å². The number of nitrogens with zero attached hydrogens (tertiary/aromatic N) is 1. The standard InChI is InChI=1S/C7H9NO3S/c1-3-4-6(11-2)5(7(9)10)8-12-4/h3H2,1-2H3,(H,9,10). The highest BCUT2D eigenvalue weighted by molar-refractivity contribution is 7.06. The molecule has 0 aromatic carbocycles. The highest BCUT2D eigenvalue weighted by Crippen LogP contribution is 2.27. The Hall–Kier alpha value is -1.10. The van der Waals surface area contributed by atoms with E-state index in [2.05, 4.69) is 4.37 Å². The number of hydrogen-bond donors (Lipinski definition) is 1. The summed E-state index contributed by atoms with van der Waals surface area (Å²) < 4.78 is 8.71. The van der Waals surface area contributed by atoms with E-state index in [9.17, 15) is 4.79 Å². The lowest BCUT2D eigenvalue weighted by atomic mass is 10.3. The molecule has 1 aromatic rings. The average molecular weight is 187 g/mol. The van der Waals surface area contributed by atoms with Crippen LogP contribution in [0.4, 0.5) is 0 Å². The van der Waals surface area contributed by atoms with Gasteiger partial charge in [-0.25, -0.2) is 4.79 Å². The van der Waals surface area contributed by atoms with E-state index < -0.39 is 5.97 Å². The van der Waals surface area contributed by atoms with E-state index in [4.69, 9.17) is 9.84 Å². The largest absolute Gasteiger partial charge is 0.493 e. The molecule has 0 atom stereocenters. The third kappa shape index (κ3) is 1.40. The van der Waals surface area contributed by atoms with Crippen molar-refractivity contribution in [1.82, 2.24) is 4.37 Å². The van der Waals surface area contributed by atoms with Gasteiger partial charge in [0.1, 0.15) is 0 Å². The third-order valence-electron chi connectivity index (χ3n) is 1.44. The van der Waals surface area contributed by atoms with Crippen molar-refractivity contribution in [2.24, 2.45) is 0 Å². The van der Waals surface area contributed by atoms with Crippen LogP contribution in [0.3, 0.4) is 0 Å². The minimum atomic E-state index is -1.04. The van der Waals surface area contributed by atoms with Gasteiger partial charge in [-0.3, -0.25) is 0 Å². The molecule has 0 aliphatic heterocycles. The topological polar surface area (TPSA) is 59.4 Å². The Balaban J connectivity index is 3.13. The Morgan fingerprint density at radius 2 is 2.42 bits per heavy atom. The number of aryl methyl sites for hydroxylation is 1. The fourth-order valence-corrected chi connectivity index (χ4v) is 1.64. The van der Waals surface area contributed by atoms with Gasteiger partial charge in [0.25, 0.3) is 0 Å².